The van der Waals surface area contributed by atoms with Crippen LogP contribution >= 0.6 is 11.3 Å². The summed E-state index contributed by atoms with van der Waals surface area (Å²) in [7, 11) is 0. The van der Waals surface area contributed by atoms with Gasteiger partial charge in [-0.1, -0.05) is 12.1 Å². The lowest BCUT2D eigenvalue weighted by atomic mass is 10.2. The smallest absolute Gasteiger partial charge is 0.132 e. The maximum Gasteiger partial charge on any atom is 0.132 e. The third-order valence-electron chi connectivity index (χ3n) is 2.48. The summed E-state index contributed by atoms with van der Waals surface area (Å²) in [6.07, 6.45) is 5.27. The van der Waals surface area contributed by atoms with Crippen LogP contribution in [-0.4, -0.2) is 15.0 Å². The van der Waals surface area contributed by atoms with Gasteiger partial charge >= 0.3 is 0 Å². The molecule has 0 saturated heterocycles. The Kier molecular flexibility index (Phi) is 3.06. The predicted octanol–water partition coefficient (Wildman–Crippen LogP) is 3.11. The number of ether oxygens (including phenoxy) is 1. The highest BCUT2D eigenvalue weighted by Crippen LogP contribution is 2.31. The fourth-order valence-electron chi connectivity index (χ4n) is 1.65. The molecule has 0 bridgehead atoms. The second-order valence-corrected chi connectivity index (χ2v) is 4.58. The molecule has 0 fully saturated rings. The van der Waals surface area contributed by atoms with Crippen LogP contribution < -0.4 is 4.74 Å². The Bertz CT molecular complexity index is 605. The number of benzene rings is 1. The van der Waals surface area contributed by atoms with Crippen molar-refractivity contribution >= 4 is 11.3 Å². The lowest BCUT2D eigenvalue weighted by Gasteiger charge is -2.08. The minimum Gasteiger partial charge on any atom is -0.486 e. The summed E-state index contributed by atoms with van der Waals surface area (Å²) in [4.78, 5) is 11.3. The molecule has 4 nitrogen and oxygen atoms in total. The molecule has 3 rings (SSSR count). The predicted molar refractivity (Wildman–Crippen MR) is 70.5 cm³/mol. The molecule has 0 saturated carbocycles. The fraction of sp³-hybridized carbons (Fsp3) is 0.0769. The minimum atomic E-state index is 0.450. The maximum atomic E-state index is 5.79. The highest BCUT2D eigenvalue weighted by Gasteiger charge is 2.08. The van der Waals surface area contributed by atoms with E-state index < -0.39 is 0 Å². The first kappa shape index (κ1) is 11.0. The average Bonchev–Trinajstić information content (AvgIpc) is 3.10. The van der Waals surface area contributed by atoms with Crippen molar-refractivity contribution in [3.05, 3.63) is 54.1 Å². The topological polar surface area (TPSA) is 50.8 Å². The van der Waals surface area contributed by atoms with Gasteiger partial charge < -0.3 is 9.72 Å². The number of nitrogens with one attached hydrogen (secondary N) is 1. The largest absolute Gasteiger partial charge is 0.486 e. The molecule has 5 heteroatoms. The summed E-state index contributed by atoms with van der Waals surface area (Å²) in [6.45, 7) is 0.450. The van der Waals surface area contributed by atoms with Crippen LogP contribution in [-0.2, 0) is 6.61 Å². The molecule has 0 amide bonds. The van der Waals surface area contributed by atoms with Gasteiger partial charge in [-0.15, -0.1) is 11.3 Å². The van der Waals surface area contributed by atoms with Gasteiger partial charge in [-0.3, -0.25) is 0 Å². The van der Waals surface area contributed by atoms with Crippen molar-refractivity contribution < 1.29 is 4.74 Å². The van der Waals surface area contributed by atoms with E-state index in [0.717, 1.165) is 22.0 Å². The lowest BCUT2D eigenvalue weighted by molar-refractivity contribution is 0.303. The van der Waals surface area contributed by atoms with E-state index in [1.165, 1.54) is 0 Å². The zero-order chi connectivity index (χ0) is 12.2. The van der Waals surface area contributed by atoms with Crippen LogP contribution in [0.5, 0.6) is 5.75 Å². The highest BCUT2D eigenvalue weighted by atomic mass is 32.1. The SMILES string of the molecule is c1ccc(-c2nccs2)c(OCc2c[nH]cn2)c1. The summed E-state index contributed by atoms with van der Waals surface area (Å²) < 4.78 is 5.79. The molecule has 18 heavy (non-hydrogen) atoms. The summed E-state index contributed by atoms with van der Waals surface area (Å²) in [5, 5.41) is 2.92. The quantitative estimate of drug-likeness (QED) is 0.781. The molecule has 1 aromatic carbocycles. The fourth-order valence-corrected chi connectivity index (χ4v) is 2.32. The number of thiazole rings is 1. The summed E-state index contributed by atoms with van der Waals surface area (Å²) >= 11 is 1.60. The number of aromatic amines is 1. The number of rotatable bonds is 4. The molecule has 0 aliphatic carbocycles. The van der Waals surface area contributed by atoms with Gasteiger partial charge in [-0.05, 0) is 12.1 Å². The van der Waals surface area contributed by atoms with Gasteiger partial charge in [0, 0.05) is 17.8 Å². The van der Waals surface area contributed by atoms with Gasteiger partial charge in [-0.25, -0.2) is 9.97 Å². The first-order valence-corrected chi connectivity index (χ1v) is 6.41. The standard InChI is InChI=1S/C13H11N3OS/c1-2-4-12(17-8-10-7-14-9-16-10)11(3-1)13-15-5-6-18-13/h1-7,9H,8H2,(H,14,16). The first-order chi connectivity index (χ1) is 8.93. The maximum absolute atomic E-state index is 5.79. The third-order valence-corrected chi connectivity index (χ3v) is 3.29. The van der Waals surface area contributed by atoms with Gasteiger partial charge in [0.25, 0.3) is 0 Å². The lowest BCUT2D eigenvalue weighted by Crippen LogP contribution is -1.96. The number of aromatic nitrogens is 3. The molecule has 0 unspecified atom stereocenters. The van der Waals surface area contributed by atoms with Crippen LogP contribution in [0.3, 0.4) is 0 Å². The minimum absolute atomic E-state index is 0.450. The van der Waals surface area contributed by atoms with Crippen LogP contribution in [0.15, 0.2) is 48.4 Å². The van der Waals surface area contributed by atoms with E-state index in [9.17, 15) is 0 Å². The molecule has 2 heterocycles. The molecular weight excluding hydrogens is 246 g/mol. The molecule has 0 aliphatic rings. The van der Waals surface area contributed by atoms with Crippen LogP contribution in [0.25, 0.3) is 10.6 Å². The van der Waals surface area contributed by atoms with Crippen molar-refractivity contribution in [1.82, 2.24) is 15.0 Å². The van der Waals surface area contributed by atoms with E-state index in [1.807, 2.05) is 35.8 Å². The van der Waals surface area contributed by atoms with Crippen molar-refractivity contribution in [2.24, 2.45) is 0 Å². The number of hydrogen-bond acceptors (Lipinski definition) is 4. The molecule has 2 aromatic heterocycles. The Hall–Kier alpha value is -2.14. The Morgan fingerprint density at radius 3 is 2.94 bits per heavy atom. The molecule has 3 aromatic rings. The van der Waals surface area contributed by atoms with E-state index in [1.54, 1.807) is 23.9 Å². The van der Waals surface area contributed by atoms with Crippen molar-refractivity contribution in [2.75, 3.05) is 0 Å². The Balaban J connectivity index is 1.84. The third kappa shape index (κ3) is 2.26. The molecule has 90 valence electrons. The van der Waals surface area contributed by atoms with Gasteiger partial charge in [0.2, 0.25) is 0 Å². The van der Waals surface area contributed by atoms with Crippen LogP contribution in [0, 0.1) is 0 Å². The Labute approximate surface area is 108 Å². The van der Waals surface area contributed by atoms with Gasteiger partial charge in [0.1, 0.15) is 17.4 Å². The molecule has 0 atom stereocenters. The summed E-state index contributed by atoms with van der Waals surface area (Å²) in [6, 6.07) is 7.90. The van der Waals surface area contributed by atoms with Crippen molar-refractivity contribution in [3.8, 4) is 16.3 Å². The van der Waals surface area contributed by atoms with Crippen molar-refractivity contribution in [2.45, 2.75) is 6.61 Å². The molecule has 0 aliphatic heterocycles. The molecule has 1 N–H and O–H groups in total. The van der Waals surface area contributed by atoms with Crippen LogP contribution in [0.4, 0.5) is 0 Å². The zero-order valence-electron chi connectivity index (χ0n) is 9.54. The number of imidazole rings is 1. The highest BCUT2D eigenvalue weighted by molar-refractivity contribution is 7.13. The normalized spacial score (nSPS) is 10.4. The van der Waals surface area contributed by atoms with Crippen molar-refractivity contribution in [3.63, 3.8) is 0 Å². The van der Waals surface area contributed by atoms with E-state index in [2.05, 4.69) is 15.0 Å². The van der Waals surface area contributed by atoms with E-state index in [0.29, 0.717) is 6.61 Å². The van der Waals surface area contributed by atoms with E-state index in [4.69, 9.17) is 4.74 Å². The summed E-state index contributed by atoms with van der Waals surface area (Å²) in [5.74, 6) is 0.829. The summed E-state index contributed by atoms with van der Waals surface area (Å²) in [5.41, 5.74) is 1.90. The van der Waals surface area contributed by atoms with E-state index in [-0.39, 0.29) is 0 Å². The zero-order valence-corrected chi connectivity index (χ0v) is 10.4. The van der Waals surface area contributed by atoms with Crippen molar-refractivity contribution in [1.29, 1.82) is 0 Å². The molecule has 0 spiro atoms. The number of nitrogens with zero attached hydrogens (tertiary/aromatic N) is 2. The average molecular weight is 257 g/mol. The number of hydrogen-bond donors (Lipinski definition) is 1. The van der Waals surface area contributed by atoms with Crippen LogP contribution in [0.2, 0.25) is 0 Å². The van der Waals surface area contributed by atoms with Gasteiger partial charge in [-0.2, -0.15) is 0 Å². The first-order valence-electron chi connectivity index (χ1n) is 5.53. The second kappa shape index (κ2) is 5.01. The Morgan fingerprint density at radius 1 is 1.22 bits per heavy atom. The van der Waals surface area contributed by atoms with Gasteiger partial charge in [0.15, 0.2) is 0 Å². The molecule has 0 radical (unpaired) electrons. The molecular formula is C13H11N3OS. The van der Waals surface area contributed by atoms with Crippen LogP contribution in [0.1, 0.15) is 5.69 Å². The number of para-hydroxylation sites is 1. The Morgan fingerprint density at radius 2 is 2.17 bits per heavy atom. The second-order valence-electron chi connectivity index (χ2n) is 3.68. The monoisotopic (exact) mass is 257 g/mol. The van der Waals surface area contributed by atoms with E-state index >= 15 is 0 Å². The number of H-pyrrole nitrogens is 1. The van der Waals surface area contributed by atoms with Gasteiger partial charge in [0.05, 0.1) is 17.6 Å².